The minimum Gasteiger partial charge on any atom is -0.368 e. The Labute approximate surface area is 401 Å². The summed E-state index contributed by atoms with van der Waals surface area (Å²) < 4.78 is 0. The van der Waals surface area contributed by atoms with Gasteiger partial charge in [-0.25, -0.2) is 4.98 Å². The van der Waals surface area contributed by atoms with Crippen molar-refractivity contribution in [1.29, 1.82) is 0 Å². The van der Waals surface area contributed by atoms with Gasteiger partial charge in [-0.05, 0) is 62.8 Å². The van der Waals surface area contributed by atoms with Crippen LogP contribution in [0.25, 0.3) is 10.9 Å². The molecule has 5 rings (SSSR count). The van der Waals surface area contributed by atoms with Crippen LogP contribution < -0.4 is 48.7 Å². The number of fused-ring (bicyclic) bond motifs is 1. The Balaban J connectivity index is 1.34. The third-order valence-corrected chi connectivity index (χ3v) is 12.0. The predicted molar refractivity (Wildman–Crippen MR) is 257 cm³/mol. The second-order valence-electron chi connectivity index (χ2n) is 17.3. The second kappa shape index (κ2) is 26.4. The first-order valence-corrected chi connectivity index (χ1v) is 23.5. The maximum absolute atomic E-state index is 14.6. The van der Waals surface area contributed by atoms with E-state index < -0.39 is 89.6 Å². The van der Waals surface area contributed by atoms with Crippen LogP contribution in [0, 0.1) is 0 Å². The summed E-state index contributed by atoms with van der Waals surface area (Å²) in [5, 5.41) is 20.3. The van der Waals surface area contributed by atoms with Crippen LogP contribution in [-0.2, 0) is 57.6 Å². The summed E-state index contributed by atoms with van der Waals surface area (Å²) in [5.41, 5.74) is 14.3. The summed E-state index contributed by atoms with van der Waals surface area (Å²) in [6, 6.07) is 8.72. The van der Waals surface area contributed by atoms with Crippen LogP contribution in [0.1, 0.15) is 82.5 Å². The molecule has 1 saturated heterocycles. The average molecular weight is 954 g/mol. The summed E-state index contributed by atoms with van der Waals surface area (Å²) in [7, 11) is 0. The number of benzene rings is 2. The Kier molecular flexibility index (Phi) is 20.2. The van der Waals surface area contributed by atoms with Crippen LogP contribution in [0.5, 0.6) is 0 Å². The number of amides is 8. The van der Waals surface area contributed by atoms with Gasteiger partial charge in [-0.1, -0.05) is 68.3 Å². The van der Waals surface area contributed by atoms with Crippen molar-refractivity contribution in [2.45, 2.75) is 127 Å². The van der Waals surface area contributed by atoms with E-state index in [1.54, 1.807) is 36.5 Å². The maximum Gasteiger partial charge on any atom is 0.245 e. The Morgan fingerprint density at radius 1 is 0.754 bits per heavy atom. The summed E-state index contributed by atoms with van der Waals surface area (Å²) in [4.78, 5) is 120. The molecule has 0 radical (unpaired) electrons. The summed E-state index contributed by atoms with van der Waals surface area (Å²) in [5.74, 6) is -4.93. The fourth-order valence-electron chi connectivity index (χ4n) is 8.33. The number of unbranched alkanes of at least 4 members (excludes halogenated alkanes) is 1. The van der Waals surface area contributed by atoms with Crippen LogP contribution >= 0.6 is 0 Å². The van der Waals surface area contributed by atoms with Crippen molar-refractivity contribution in [2.24, 2.45) is 11.5 Å². The number of likely N-dealkylation sites (tertiary alicyclic amines) is 1. The van der Waals surface area contributed by atoms with Gasteiger partial charge < -0.3 is 63.6 Å². The molecule has 21 heteroatoms. The van der Waals surface area contributed by atoms with Crippen molar-refractivity contribution in [1.82, 2.24) is 57.1 Å². The van der Waals surface area contributed by atoms with E-state index >= 15 is 0 Å². The standard InChI is InChI=1S/C48H67N13O8/c1-4-5-16-36(56-30(3)62)44(65)55-29(2)43(64)59-40(24-33-26-52-28-54-33)46(67)60-39(22-31-13-7-6-8-14-31)45(66)57-37(18-11-20-51-27-49)48(69)61-21-12-19-41(61)47(68)58-38(42(50)63)23-32-25-53-35-17-10-9-15-34(32)35/h6-10,13-15,17,25-26,28-29,36-41,51,53H,4-5,11-12,16,18-24,27,49H2,1-3H3,(H2,50,63)(H,52,54)(H,55,65)(H,56,62)(H,57,66)(H,58,68)(H,59,64)(H,60,67). The van der Waals surface area contributed by atoms with E-state index in [1.165, 1.54) is 31.3 Å². The van der Waals surface area contributed by atoms with Crippen molar-refractivity contribution < 1.29 is 38.4 Å². The molecule has 1 fully saturated rings. The molecule has 13 N–H and O–H groups in total. The molecular weight excluding hydrogens is 887 g/mol. The highest BCUT2D eigenvalue weighted by Crippen LogP contribution is 2.22. The number of imidazole rings is 1. The molecule has 1 aliphatic rings. The van der Waals surface area contributed by atoms with Gasteiger partial charge in [0.25, 0.3) is 0 Å². The number of hydrogen-bond acceptors (Lipinski definition) is 11. The van der Waals surface area contributed by atoms with Crippen molar-refractivity contribution in [3.05, 3.63) is 90.1 Å². The van der Waals surface area contributed by atoms with E-state index in [-0.39, 0.29) is 38.9 Å². The van der Waals surface area contributed by atoms with Gasteiger partial charge in [0.2, 0.25) is 47.3 Å². The molecule has 0 spiro atoms. The number of nitrogens with one attached hydrogen (secondary N) is 9. The molecule has 4 aromatic rings. The van der Waals surface area contributed by atoms with Crippen molar-refractivity contribution in [3.8, 4) is 0 Å². The van der Waals surface area contributed by atoms with Gasteiger partial charge in [-0.2, -0.15) is 0 Å². The minimum atomic E-state index is -1.28. The number of carbonyl (C=O) groups excluding carboxylic acids is 8. The highest BCUT2D eigenvalue weighted by Gasteiger charge is 2.40. The first-order chi connectivity index (χ1) is 33.2. The SMILES string of the molecule is CCCCC(NC(C)=O)C(=O)NC(C)C(=O)NC(Cc1cnc[nH]1)C(=O)NC(Cc1ccccc1)C(=O)NC(CCCNCN)C(=O)N1CCCC1C(=O)NC(Cc1c[nH]c2ccccc12)C(N)=O. The Morgan fingerprint density at radius 3 is 2.10 bits per heavy atom. The lowest BCUT2D eigenvalue weighted by Gasteiger charge is -2.31. The molecule has 7 atom stereocenters. The van der Waals surface area contributed by atoms with E-state index in [0.29, 0.717) is 49.9 Å². The number of para-hydroxylation sites is 1. The summed E-state index contributed by atoms with van der Waals surface area (Å²) in [6.07, 6.45) is 7.83. The Morgan fingerprint density at radius 2 is 1.42 bits per heavy atom. The van der Waals surface area contributed by atoms with Gasteiger partial charge in [0.15, 0.2) is 0 Å². The van der Waals surface area contributed by atoms with Gasteiger partial charge in [0.05, 0.1) is 6.33 Å². The molecule has 3 heterocycles. The molecule has 2 aromatic carbocycles. The number of nitrogens with zero attached hydrogens (tertiary/aromatic N) is 2. The van der Waals surface area contributed by atoms with E-state index in [1.807, 2.05) is 31.2 Å². The zero-order valence-electron chi connectivity index (χ0n) is 39.5. The Bertz CT molecular complexity index is 2360. The lowest BCUT2D eigenvalue weighted by Crippen LogP contribution is -2.60. The first kappa shape index (κ1) is 52.8. The number of hydrogen-bond donors (Lipinski definition) is 11. The average Bonchev–Trinajstić information content (AvgIpc) is 4.13. The van der Waals surface area contributed by atoms with Gasteiger partial charge in [-0.15, -0.1) is 0 Å². The number of aromatic nitrogens is 3. The largest absolute Gasteiger partial charge is 0.368 e. The number of H-pyrrole nitrogens is 2. The molecule has 8 amide bonds. The van der Waals surface area contributed by atoms with E-state index in [2.05, 4.69) is 52.2 Å². The molecule has 69 heavy (non-hydrogen) atoms. The van der Waals surface area contributed by atoms with Crippen molar-refractivity contribution in [2.75, 3.05) is 19.8 Å². The van der Waals surface area contributed by atoms with Gasteiger partial charge in [0.1, 0.15) is 42.3 Å². The first-order valence-electron chi connectivity index (χ1n) is 23.5. The lowest BCUT2D eigenvalue weighted by atomic mass is 10.0. The zero-order chi connectivity index (χ0) is 49.9. The van der Waals surface area contributed by atoms with Crippen LogP contribution in [-0.4, -0.2) is 129 Å². The third kappa shape index (κ3) is 15.7. The van der Waals surface area contributed by atoms with Crippen LogP contribution in [0.4, 0.5) is 0 Å². The summed E-state index contributed by atoms with van der Waals surface area (Å²) >= 11 is 0. The third-order valence-electron chi connectivity index (χ3n) is 12.0. The second-order valence-corrected chi connectivity index (χ2v) is 17.3. The molecule has 0 saturated carbocycles. The molecule has 2 aromatic heterocycles. The maximum atomic E-state index is 14.6. The highest BCUT2D eigenvalue weighted by atomic mass is 16.2. The number of aromatic amines is 2. The van der Waals surface area contributed by atoms with Gasteiger partial charge in [-0.3, -0.25) is 38.4 Å². The monoisotopic (exact) mass is 954 g/mol. The summed E-state index contributed by atoms with van der Waals surface area (Å²) in [6.45, 7) is 5.50. The van der Waals surface area contributed by atoms with Crippen LogP contribution in [0.2, 0.25) is 0 Å². The smallest absolute Gasteiger partial charge is 0.245 e. The lowest BCUT2D eigenvalue weighted by molar-refractivity contribution is -0.142. The van der Waals surface area contributed by atoms with E-state index in [4.69, 9.17) is 11.5 Å². The van der Waals surface area contributed by atoms with E-state index in [9.17, 15) is 38.4 Å². The molecule has 1 aliphatic heterocycles. The molecule has 372 valence electrons. The zero-order valence-corrected chi connectivity index (χ0v) is 39.5. The normalized spacial score (nSPS) is 16.0. The van der Waals surface area contributed by atoms with Crippen LogP contribution in [0.15, 0.2) is 73.3 Å². The number of carbonyl (C=O) groups is 8. The van der Waals surface area contributed by atoms with Gasteiger partial charge in [0, 0.05) is 68.4 Å². The quantitative estimate of drug-likeness (QED) is 0.0275. The highest BCUT2D eigenvalue weighted by molar-refractivity contribution is 5.98. The van der Waals surface area contributed by atoms with E-state index in [0.717, 1.165) is 22.9 Å². The van der Waals surface area contributed by atoms with Gasteiger partial charge >= 0.3 is 0 Å². The fourth-order valence-corrected chi connectivity index (χ4v) is 8.33. The number of rotatable bonds is 27. The number of primary amides is 1. The topological polar surface area (TPSA) is 321 Å². The fraction of sp³-hybridized carbons (Fsp3) is 0.479. The number of nitrogens with two attached hydrogens (primary N) is 2. The molecule has 0 aliphatic carbocycles. The molecule has 21 nitrogen and oxygen atoms in total. The van der Waals surface area contributed by atoms with Crippen LogP contribution in [0.3, 0.4) is 0 Å². The minimum absolute atomic E-state index is 0.00673. The Hall–Kier alpha value is -7.13. The molecule has 0 bridgehead atoms. The van der Waals surface area contributed by atoms with Crippen molar-refractivity contribution >= 4 is 58.2 Å². The molecular formula is C48H67N13O8. The predicted octanol–water partition coefficient (Wildman–Crippen LogP) is -0.180. The molecule has 7 unspecified atom stereocenters. The van der Waals surface area contributed by atoms with Crippen molar-refractivity contribution in [3.63, 3.8) is 0 Å².